The molecule has 1 fully saturated rings. The van der Waals surface area contributed by atoms with Crippen molar-refractivity contribution in [1.29, 1.82) is 0 Å². The molecule has 1 heterocycles. The van der Waals surface area contributed by atoms with Gasteiger partial charge in [0.25, 0.3) is 11.6 Å². The number of hydrogen-bond acceptors (Lipinski definition) is 5. The summed E-state index contributed by atoms with van der Waals surface area (Å²) in [5.41, 5.74) is -0.772. The second-order valence-electron chi connectivity index (χ2n) is 5.40. The van der Waals surface area contributed by atoms with E-state index in [0.717, 1.165) is 24.7 Å². The number of nitrogens with one attached hydrogen (secondary N) is 1. The van der Waals surface area contributed by atoms with Crippen molar-refractivity contribution in [1.82, 2.24) is 10.2 Å². The van der Waals surface area contributed by atoms with E-state index in [1.165, 1.54) is 11.9 Å². The first kappa shape index (κ1) is 18.0. The molecular formula is C14H16F3N3O4. The summed E-state index contributed by atoms with van der Waals surface area (Å²) in [5.74, 6) is -0.882. The zero-order valence-corrected chi connectivity index (χ0v) is 12.8. The van der Waals surface area contributed by atoms with Crippen LogP contribution in [0.5, 0.6) is 5.75 Å². The number of benzene rings is 1. The summed E-state index contributed by atoms with van der Waals surface area (Å²) < 4.78 is 41.2. The summed E-state index contributed by atoms with van der Waals surface area (Å²) >= 11 is 0. The predicted octanol–water partition coefficient (Wildman–Crippen LogP) is 1.97. The molecule has 1 N–H and O–H groups in total. The number of nitro benzene ring substituents is 1. The molecule has 1 saturated heterocycles. The third kappa shape index (κ3) is 4.34. The topological polar surface area (TPSA) is 84.7 Å². The molecule has 0 bridgehead atoms. The molecule has 0 saturated carbocycles. The van der Waals surface area contributed by atoms with Gasteiger partial charge in [0.15, 0.2) is 6.61 Å². The number of hydrogen-bond donors (Lipinski definition) is 1. The number of halogens is 3. The van der Waals surface area contributed by atoms with E-state index < -0.39 is 29.3 Å². The number of likely N-dealkylation sites (N-methyl/N-ethyl adjacent to an activating group) is 1. The Labute approximate surface area is 135 Å². The smallest absolute Gasteiger partial charge is 0.422 e. The van der Waals surface area contributed by atoms with Crippen LogP contribution in [-0.2, 0) is 0 Å². The average Bonchev–Trinajstić information content (AvgIpc) is 3.04. The highest BCUT2D eigenvalue weighted by Crippen LogP contribution is 2.27. The van der Waals surface area contributed by atoms with E-state index in [-0.39, 0.29) is 17.4 Å². The minimum absolute atomic E-state index is 0.128. The molecule has 2 rings (SSSR count). The van der Waals surface area contributed by atoms with Gasteiger partial charge in [-0.3, -0.25) is 14.9 Å². The molecule has 1 aromatic carbocycles. The minimum Gasteiger partial charge on any atom is -0.484 e. The van der Waals surface area contributed by atoms with Crippen molar-refractivity contribution in [3.05, 3.63) is 33.9 Å². The van der Waals surface area contributed by atoms with E-state index in [4.69, 9.17) is 0 Å². The van der Waals surface area contributed by atoms with E-state index in [1.54, 1.807) is 0 Å². The van der Waals surface area contributed by atoms with Crippen molar-refractivity contribution in [2.45, 2.75) is 18.6 Å². The molecule has 0 aromatic heterocycles. The Morgan fingerprint density at radius 3 is 2.75 bits per heavy atom. The Balaban J connectivity index is 2.27. The highest BCUT2D eigenvalue weighted by atomic mass is 19.4. The van der Waals surface area contributed by atoms with Crippen LogP contribution < -0.4 is 10.1 Å². The van der Waals surface area contributed by atoms with Gasteiger partial charge in [-0.15, -0.1) is 0 Å². The largest absolute Gasteiger partial charge is 0.484 e. The Kier molecular flexibility index (Phi) is 5.27. The Morgan fingerprint density at radius 1 is 1.50 bits per heavy atom. The van der Waals surface area contributed by atoms with Crippen LogP contribution in [0.3, 0.4) is 0 Å². The first-order valence-corrected chi connectivity index (χ1v) is 7.15. The van der Waals surface area contributed by atoms with Gasteiger partial charge in [-0.1, -0.05) is 0 Å². The van der Waals surface area contributed by atoms with Gasteiger partial charge < -0.3 is 15.0 Å². The molecule has 1 amide bonds. The van der Waals surface area contributed by atoms with Gasteiger partial charge in [0, 0.05) is 25.7 Å². The van der Waals surface area contributed by atoms with Gasteiger partial charge in [-0.2, -0.15) is 13.2 Å². The number of carbonyl (C=O) groups excluding carboxylic acids is 1. The molecule has 1 aliphatic heterocycles. The lowest BCUT2D eigenvalue weighted by Crippen LogP contribution is -2.38. The molecule has 0 spiro atoms. The minimum atomic E-state index is -4.54. The lowest BCUT2D eigenvalue weighted by Gasteiger charge is -2.23. The lowest BCUT2D eigenvalue weighted by molar-refractivity contribution is -0.385. The first-order chi connectivity index (χ1) is 11.2. The van der Waals surface area contributed by atoms with Crippen molar-refractivity contribution in [2.24, 2.45) is 0 Å². The zero-order chi connectivity index (χ0) is 17.9. The summed E-state index contributed by atoms with van der Waals surface area (Å²) in [6.45, 7) is -0.264. The summed E-state index contributed by atoms with van der Waals surface area (Å²) in [6, 6.07) is 2.86. The predicted molar refractivity (Wildman–Crippen MR) is 78.0 cm³/mol. The molecule has 0 radical (unpaired) electrons. The van der Waals surface area contributed by atoms with Crippen molar-refractivity contribution >= 4 is 11.6 Å². The zero-order valence-electron chi connectivity index (χ0n) is 12.8. The highest BCUT2D eigenvalue weighted by Gasteiger charge is 2.31. The monoisotopic (exact) mass is 347 g/mol. The molecule has 1 aliphatic rings. The molecular weight excluding hydrogens is 331 g/mol. The quantitative estimate of drug-likeness (QED) is 0.650. The lowest BCUT2D eigenvalue weighted by atomic mass is 10.1. The summed E-state index contributed by atoms with van der Waals surface area (Å²) in [7, 11) is 1.51. The van der Waals surface area contributed by atoms with Crippen LogP contribution >= 0.6 is 0 Å². The van der Waals surface area contributed by atoms with Crippen molar-refractivity contribution in [3.8, 4) is 5.75 Å². The van der Waals surface area contributed by atoms with Gasteiger partial charge >= 0.3 is 6.18 Å². The third-order valence-corrected chi connectivity index (χ3v) is 3.70. The van der Waals surface area contributed by atoms with Crippen molar-refractivity contribution in [3.63, 3.8) is 0 Å². The van der Waals surface area contributed by atoms with Gasteiger partial charge in [0.1, 0.15) is 11.3 Å². The Morgan fingerprint density at radius 2 is 2.21 bits per heavy atom. The number of amides is 1. The van der Waals surface area contributed by atoms with Crippen LogP contribution in [0.4, 0.5) is 18.9 Å². The molecule has 10 heteroatoms. The van der Waals surface area contributed by atoms with Crippen LogP contribution in [0.25, 0.3) is 0 Å². The standard InChI is InChI=1S/C14H16F3N3O4/c1-19(9-4-5-18-7-9)13(21)11-6-10(24-8-14(15,16)17)2-3-12(11)20(22)23/h2-3,6,9,18H,4-5,7-8H2,1H3. The normalized spacial score (nSPS) is 17.6. The fourth-order valence-electron chi connectivity index (χ4n) is 2.43. The number of carbonyl (C=O) groups is 1. The number of nitro groups is 1. The van der Waals surface area contributed by atoms with E-state index in [9.17, 15) is 28.1 Å². The van der Waals surface area contributed by atoms with Crippen molar-refractivity contribution < 1.29 is 27.6 Å². The van der Waals surface area contributed by atoms with Crippen molar-refractivity contribution in [2.75, 3.05) is 26.7 Å². The fourth-order valence-corrected chi connectivity index (χ4v) is 2.43. The van der Waals surface area contributed by atoms with Gasteiger partial charge in [0.05, 0.1) is 4.92 Å². The number of nitrogens with zero attached hydrogens (tertiary/aromatic N) is 2. The van der Waals surface area contributed by atoms with Crippen LogP contribution in [0.15, 0.2) is 18.2 Å². The highest BCUT2D eigenvalue weighted by molar-refractivity contribution is 5.98. The Hall–Kier alpha value is -2.36. The fraction of sp³-hybridized carbons (Fsp3) is 0.500. The second-order valence-corrected chi connectivity index (χ2v) is 5.40. The van der Waals surface area contributed by atoms with Crippen LogP contribution in [0, 0.1) is 10.1 Å². The molecule has 132 valence electrons. The molecule has 1 unspecified atom stereocenters. The van der Waals surface area contributed by atoms with Gasteiger partial charge in [-0.25, -0.2) is 0 Å². The summed E-state index contributed by atoms with van der Waals surface area (Å²) in [4.78, 5) is 24.2. The van der Waals surface area contributed by atoms with E-state index in [0.29, 0.717) is 13.0 Å². The van der Waals surface area contributed by atoms with E-state index in [1.807, 2.05) is 0 Å². The van der Waals surface area contributed by atoms with Crippen LogP contribution in [-0.4, -0.2) is 54.7 Å². The first-order valence-electron chi connectivity index (χ1n) is 7.15. The second kappa shape index (κ2) is 7.04. The van der Waals surface area contributed by atoms with Crippen LogP contribution in [0.1, 0.15) is 16.8 Å². The maximum Gasteiger partial charge on any atom is 0.422 e. The number of alkyl halides is 3. The Bertz CT molecular complexity index is 630. The van der Waals surface area contributed by atoms with Gasteiger partial charge in [0.2, 0.25) is 0 Å². The molecule has 7 nitrogen and oxygen atoms in total. The maximum absolute atomic E-state index is 12.5. The molecule has 24 heavy (non-hydrogen) atoms. The number of ether oxygens (including phenoxy) is 1. The van der Waals surface area contributed by atoms with E-state index in [2.05, 4.69) is 10.1 Å². The average molecular weight is 347 g/mol. The summed E-state index contributed by atoms with van der Waals surface area (Å²) in [5, 5.41) is 14.2. The molecule has 1 aromatic rings. The molecule has 0 aliphatic carbocycles. The van der Waals surface area contributed by atoms with E-state index >= 15 is 0 Å². The molecule has 1 atom stereocenters. The maximum atomic E-state index is 12.5. The third-order valence-electron chi connectivity index (χ3n) is 3.70. The SMILES string of the molecule is CN(C(=O)c1cc(OCC(F)(F)F)ccc1[N+](=O)[O-])C1CCNC1. The summed E-state index contributed by atoms with van der Waals surface area (Å²) in [6.07, 6.45) is -3.85. The number of rotatable bonds is 5. The van der Waals surface area contributed by atoms with Crippen LogP contribution in [0.2, 0.25) is 0 Å². The van der Waals surface area contributed by atoms with Gasteiger partial charge in [-0.05, 0) is 25.1 Å².